The zero-order valence-corrected chi connectivity index (χ0v) is 19.0. The molecule has 2 heterocycles. The third kappa shape index (κ3) is 7.36. The Labute approximate surface area is 181 Å². The second-order valence-electron chi connectivity index (χ2n) is 10.1. The van der Waals surface area contributed by atoms with E-state index in [4.69, 9.17) is 9.47 Å². The maximum Gasteiger partial charge on any atom is 0.243 e. The van der Waals surface area contributed by atoms with Gasteiger partial charge in [-0.1, -0.05) is 29.9 Å². The monoisotopic (exact) mass is 417 g/mol. The molecule has 3 fully saturated rings. The highest BCUT2D eigenvalue weighted by molar-refractivity contribution is 5.87. The van der Waals surface area contributed by atoms with E-state index in [0.717, 1.165) is 51.6 Å². The van der Waals surface area contributed by atoms with Crippen molar-refractivity contribution in [2.45, 2.75) is 102 Å². The van der Waals surface area contributed by atoms with Crippen LogP contribution in [0.3, 0.4) is 0 Å². The van der Waals surface area contributed by atoms with Gasteiger partial charge in [-0.2, -0.15) is 0 Å². The van der Waals surface area contributed by atoms with E-state index in [-0.39, 0.29) is 29.3 Å². The van der Waals surface area contributed by atoms with Crippen LogP contribution in [0.4, 0.5) is 0 Å². The van der Waals surface area contributed by atoms with Crippen molar-refractivity contribution in [2.24, 2.45) is 5.92 Å². The van der Waals surface area contributed by atoms with E-state index in [1.807, 2.05) is 0 Å². The Balaban J connectivity index is 1.39. The number of allylic oxidation sites excluding steroid dienone is 3. The van der Waals surface area contributed by atoms with E-state index in [2.05, 4.69) is 44.3 Å². The Kier molecular flexibility index (Phi) is 7.59. The van der Waals surface area contributed by atoms with Crippen LogP contribution in [0.2, 0.25) is 0 Å². The zero-order chi connectivity index (χ0) is 21.8. The minimum absolute atomic E-state index is 0.0641. The molecule has 3 atom stereocenters. The molecule has 1 amide bonds. The van der Waals surface area contributed by atoms with E-state index in [1.54, 1.807) is 6.92 Å². The zero-order valence-electron chi connectivity index (χ0n) is 19.0. The number of aliphatic hydroxyl groups is 1. The normalized spacial score (nSPS) is 35.1. The maximum atomic E-state index is 11.9. The van der Waals surface area contributed by atoms with Gasteiger partial charge in [0, 0.05) is 25.0 Å². The first-order chi connectivity index (χ1) is 14.1. The van der Waals surface area contributed by atoms with E-state index in [1.165, 1.54) is 17.7 Å². The smallest absolute Gasteiger partial charge is 0.243 e. The summed E-state index contributed by atoms with van der Waals surface area (Å²) in [6.45, 7) is 8.98. The molecule has 1 aliphatic carbocycles. The Morgan fingerprint density at radius 3 is 2.57 bits per heavy atom. The van der Waals surface area contributed by atoms with Crippen LogP contribution in [0, 0.1) is 5.92 Å². The number of hydrogen-bond acceptors (Lipinski definition) is 4. The van der Waals surface area contributed by atoms with Gasteiger partial charge in [-0.05, 0) is 65.7 Å². The van der Waals surface area contributed by atoms with E-state index in [9.17, 15) is 9.90 Å². The summed E-state index contributed by atoms with van der Waals surface area (Å²) < 4.78 is 11.9. The third-order valence-electron chi connectivity index (χ3n) is 6.41. The van der Waals surface area contributed by atoms with Crippen molar-refractivity contribution in [2.75, 3.05) is 6.61 Å². The molecule has 0 bridgehead atoms. The summed E-state index contributed by atoms with van der Waals surface area (Å²) in [7, 11) is 0. The molecule has 0 aromatic rings. The average Bonchev–Trinajstić information content (AvgIpc) is 3.40. The number of hydrogen-bond donors (Lipinski definition) is 2. The van der Waals surface area contributed by atoms with Gasteiger partial charge in [0.25, 0.3) is 0 Å². The Bertz CT molecular complexity index is 673. The molecule has 2 N–H and O–H groups in total. The largest absolute Gasteiger partial charge is 0.389 e. The lowest BCUT2D eigenvalue weighted by Crippen LogP contribution is -2.43. The molecule has 5 nitrogen and oxygen atoms in total. The number of ether oxygens (including phenoxy) is 2. The number of carbonyl (C=O) groups is 1. The summed E-state index contributed by atoms with van der Waals surface area (Å²) in [4.78, 5) is 11.9. The molecule has 1 spiro atoms. The first-order valence-electron chi connectivity index (χ1n) is 11.5. The molecule has 3 aliphatic rings. The second-order valence-corrected chi connectivity index (χ2v) is 10.1. The number of rotatable bonds is 7. The Morgan fingerprint density at radius 2 is 1.93 bits per heavy atom. The van der Waals surface area contributed by atoms with Crippen molar-refractivity contribution in [1.29, 1.82) is 0 Å². The van der Waals surface area contributed by atoms with Gasteiger partial charge in [-0.25, -0.2) is 0 Å². The SMILES string of the molecule is CC(C=CC1CC2(CO2)CC(C)(C)O1)=CCC1CCC(NC(=O)C=CC(C)O)CC1. The van der Waals surface area contributed by atoms with E-state index >= 15 is 0 Å². The molecular weight excluding hydrogens is 378 g/mol. The van der Waals surface area contributed by atoms with Gasteiger partial charge >= 0.3 is 0 Å². The fourth-order valence-electron chi connectivity index (χ4n) is 4.84. The molecule has 0 radical (unpaired) electrons. The molecule has 168 valence electrons. The fraction of sp³-hybridized carbons (Fsp3) is 0.720. The van der Waals surface area contributed by atoms with Crippen molar-refractivity contribution in [1.82, 2.24) is 5.32 Å². The van der Waals surface area contributed by atoms with Gasteiger partial charge in [0.2, 0.25) is 5.91 Å². The Morgan fingerprint density at radius 1 is 1.23 bits per heavy atom. The maximum absolute atomic E-state index is 11.9. The van der Waals surface area contributed by atoms with Gasteiger partial charge in [0.05, 0.1) is 30.0 Å². The highest BCUT2D eigenvalue weighted by atomic mass is 16.6. The second kappa shape index (κ2) is 9.80. The lowest BCUT2D eigenvalue weighted by Gasteiger charge is -2.38. The first kappa shape index (κ1) is 23.2. The van der Waals surface area contributed by atoms with Crippen LogP contribution in [-0.2, 0) is 14.3 Å². The van der Waals surface area contributed by atoms with Crippen molar-refractivity contribution in [3.05, 3.63) is 36.0 Å². The first-order valence-corrected chi connectivity index (χ1v) is 11.5. The lowest BCUT2D eigenvalue weighted by molar-refractivity contribution is -0.117. The quantitative estimate of drug-likeness (QED) is 0.370. The highest BCUT2D eigenvalue weighted by Gasteiger charge is 2.53. The van der Waals surface area contributed by atoms with Crippen LogP contribution in [0.15, 0.2) is 36.0 Å². The molecule has 0 aromatic carbocycles. The van der Waals surface area contributed by atoms with Gasteiger partial charge in [-0.15, -0.1) is 0 Å². The lowest BCUT2D eigenvalue weighted by atomic mass is 9.83. The van der Waals surface area contributed by atoms with Gasteiger partial charge in [0.1, 0.15) is 0 Å². The van der Waals surface area contributed by atoms with Gasteiger partial charge in [0.15, 0.2) is 0 Å². The number of aliphatic hydroxyl groups excluding tert-OH is 1. The molecule has 30 heavy (non-hydrogen) atoms. The van der Waals surface area contributed by atoms with E-state index in [0.29, 0.717) is 5.92 Å². The third-order valence-corrected chi connectivity index (χ3v) is 6.41. The minimum atomic E-state index is -0.588. The topological polar surface area (TPSA) is 71.1 Å². The predicted octanol–water partition coefficient (Wildman–Crippen LogP) is 4.22. The van der Waals surface area contributed by atoms with Gasteiger partial charge in [-0.3, -0.25) is 4.79 Å². The summed E-state index contributed by atoms with van der Waals surface area (Å²) in [5.74, 6) is 0.578. The van der Waals surface area contributed by atoms with Crippen LogP contribution in [0.1, 0.15) is 72.6 Å². The Hall–Kier alpha value is -1.43. The van der Waals surface area contributed by atoms with Gasteiger partial charge < -0.3 is 19.9 Å². The van der Waals surface area contributed by atoms with Crippen molar-refractivity contribution in [3.8, 4) is 0 Å². The van der Waals surface area contributed by atoms with E-state index < -0.39 is 6.10 Å². The summed E-state index contributed by atoms with van der Waals surface area (Å²) >= 11 is 0. The fourth-order valence-corrected chi connectivity index (χ4v) is 4.84. The molecule has 5 heteroatoms. The molecule has 3 unspecified atom stereocenters. The van der Waals surface area contributed by atoms with Crippen molar-refractivity contribution >= 4 is 5.91 Å². The molecule has 2 aliphatic heterocycles. The number of epoxide rings is 1. The van der Waals surface area contributed by atoms with Crippen molar-refractivity contribution < 1.29 is 19.4 Å². The predicted molar refractivity (Wildman–Crippen MR) is 119 cm³/mol. The molecule has 1 saturated carbocycles. The average molecular weight is 418 g/mol. The summed E-state index contributed by atoms with van der Waals surface area (Å²) in [5, 5.41) is 12.3. The summed E-state index contributed by atoms with van der Waals surface area (Å²) in [5.41, 5.74) is 1.22. The van der Waals surface area contributed by atoms with Crippen LogP contribution in [0.25, 0.3) is 0 Å². The molecular formula is C25H39NO4. The summed E-state index contributed by atoms with van der Waals surface area (Å²) in [6, 6.07) is 0.251. The summed E-state index contributed by atoms with van der Waals surface area (Å²) in [6.07, 6.45) is 16.6. The standard InChI is InChI=1S/C25H39NO4/c1-18(6-13-22-15-25(17-29-25)16-24(3,4)30-22)5-8-20-9-11-21(12-10-20)26-23(28)14-7-19(2)27/h5-7,13-14,19-22,27H,8-12,15-17H2,1-4H3,(H,26,28). The minimum Gasteiger partial charge on any atom is -0.389 e. The molecule has 3 rings (SSSR count). The van der Waals surface area contributed by atoms with Crippen LogP contribution in [0.5, 0.6) is 0 Å². The number of nitrogens with one attached hydrogen (secondary N) is 1. The molecule has 2 saturated heterocycles. The number of carbonyl (C=O) groups excluding carboxylic acids is 1. The number of amides is 1. The van der Waals surface area contributed by atoms with Crippen LogP contribution >= 0.6 is 0 Å². The van der Waals surface area contributed by atoms with Crippen LogP contribution < -0.4 is 5.32 Å². The molecule has 0 aromatic heterocycles. The highest BCUT2D eigenvalue weighted by Crippen LogP contribution is 2.46. The van der Waals surface area contributed by atoms with Crippen LogP contribution in [-0.4, -0.2) is 47.1 Å². The van der Waals surface area contributed by atoms with Crippen molar-refractivity contribution in [3.63, 3.8) is 0 Å².